The van der Waals surface area contributed by atoms with E-state index in [-0.39, 0.29) is 26.1 Å². The molecule has 0 radical (unpaired) electrons. The fourth-order valence-corrected chi connectivity index (χ4v) is 2.24. The van der Waals surface area contributed by atoms with Crippen molar-refractivity contribution in [3.05, 3.63) is 35.9 Å². The molecule has 2 N–H and O–H groups in total. The van der Waals surface area contributed by atoms with E-state index in [0.717, 1.165) is 5.56 Å². The summed E-state index contributed by atoms with van der Waals surface area (Å²) in [5.74, 6) is -1.19. The summed E-state index contributed by atoms with van der Waals surface area (Å²) in [5.41, 5.74) is -1.14. The summed E-state index contributed by atoms with van der Waals surface area (Å²) in [6, 6.07) is 9.39. The van der Waals surface area contributed by atoms with E-state index in [1.807, 2.05) is 30.3 Å². The highest BCUT2D eigenvalue weighted by molar-refractivity contribution is 5.78. The van der Waals surface area contributed by atoms with Gasteiger partial charge in [0, 0.05) is 0 Å². The monoisotopic (exact) mass is 382 g/mol. The van der Waals surface area contributed by atoms with Gasteiger partial charge in [-0.25, -0.2) is 0 Å². The smallest absolute Gasteiger partial charge is 0.307 e. The minimum Gasteiger partial charge on any atom is -0.460 e. The molecule has 1 aromatic carbocycles. The van der Waals surface area contributed by atoms with Gasteiger partial charge in [0.15, 0.2) is 5.60 Å². The number of rotatable bonds is 10. The quantitative estimate of drug-likeness (QED) is 0.597. The Morgan fingerprint density at radius 2 is 1.56 bits per heavy atom. The van der Waals surface area contributed by atoms with E-state index in [1.54, 1.807) is 20.8 Å². The van der Waals surface area contributed by atoms with Gasteiger partial charge in [0.05, 0.1) is 32.7 Å². The summed E-state index contributed by atoms with van der Waals surface area (Å²) in [6.07, 6.45) is -1.65. The van der Waals surface area contributed by atoms with Crippen LogP contribution in [0.25, 0.3) is 0 Å². The van der Waals surface area contributed by atoms with Gasteiger partial charge >= 0.3 is 11.9 Å². The third-order valence-corrected chi connectivity index (χ3v) is 3.68. The van der Waals surface area contributed by atoms with Crippen LogP contribution in [0.1, 0.15) is 46.1 Å². The van der Waals surface area contributed by atoms with Crippen molar-refractivity contribution < 1.29 is 34.0 Å². The van der Waals surface area contributed by atoms with E-state index in [4.69, 9.17) is 14.2 Å². The fourth-order valence-electron chi connectivity index (χ4n) is 2.24. The average Bonchev–Trinajstić information content (AvgIpc) is 2.58. The molecule has 0 aliphatic rings. The van der Waals surface area contributed by atoms with Gasteiger partial charge in [0.25, 0.3) is 0 Å². The molecule has 0 aromatic heterocycles. The number of ether oxygens (including phenoxy) is 3. The van der Waals surface area contributed by atoms with E-state index in [9.17, 15) is 19.8 Å². The molecule has 152 valence electrons. The van der Waals surface area contributed by atoms with Gasteiger partial charge in [-0.2, -0.15) is 0 Å². The summed E-state index contributed by atoms with van der Waals surface area (Å²) in [5, 5.41) is 19.3. The van der Waals surface area contributed by atoms with Crippen molar-refractivity contribution >= 4 is 11.9 Å². The summed E-state index contributed by atoms with van der Waals surface area (Å²) in [6.45, 7) is 6.26. The van der Waals surface area contributed by atoms with Crippen molar-refractivity contribution in [2.24, 2.45) is 0 Å². The Kier molecular flexibility index (Phi) is 8.88. The summed E-state index contributed by atoms with van der Waals surface area (Å²) < 4.78 is 16.0. The molecular weight excluding hydrogens is 352 g/mol. The highest BCUT2D eigenvalue weighted by Gasteiger charge is 2.37. The van der Waals surface area contributed by atoms with Gasteiger partial charge in [0.1, 0.15) is 11.7 Å². The van der Waals surface area contributed by atoms with Gasteiger partial charge in [-0.05, 0) is 33.3 Å². The maximum absolute atomic E-state index is 12.1. The molecule has 27 heavy (non-hydrogen) atoms. The third kappa shape index (κ3) is 8.99. The number of esters is 2. The Morgan fingerprint density at radius 1 is 1.00 bits per heavy atom. The van der Waals surface area contributed by atoms with Crippen LogP contribution in [0.15, 0.2) is 30.3 Å². The van der Waals surface area contributed by atoms with Crippen molar-refractivity contribution in [3.63, 3.8) is 0 Å². The lowest BCUT2D eigenvalue weighted by molar-refractivity contribution is -0.187. The molecule has 0 spiro atoms. The largest absolute Gasteiger partial charge is 0.460 e. The first-order chi connectivity index (χ1) is 12.6. The summed E-state index contributed by atoms with van der Waals surface area (Å²) in [4.78, 5) is 23.8. The number of aliphatic hydroxyl groups excluding tert-OH is 2. The predicted octanol–water partition coefficient (Wildman–Crippen LogP) is 1.98. The summed E-state index contributed by atoms with van der Waals surface area (Å²) in [7, 11) is 0. The van der Waals surface area contributed by atoms with Crippen LogP contribution in [-0.2, 0) is 30.4 Å². The molecule has 0 saturated heterocycles. The molecular formula is C20H30O7. The Balaban J connectivity index is 2.56. The minimum absolute atomic E-state index is 0.109. The molecule has 1 rings (SSSR count). The highest BCUT2D eigenvalue weighted by Crippen LogP contribution is 2.19. The van der Waals surface area contributed by atoms with Gasteiger partial charge < -0.3 is 24.4 Å². The van der Waals surface area contributed by atoms with Crippen LogP contribution in [0, 0.1) is 0 Å². The first-order valence-electron chi connectivity index (χ1n) is 8.90. The normalized spacial score (nSPS) is 14.9. The molecule has 0 unspecified atom stereocenters. The zero-order chi connectivity index (χ0) is 20.5. The van der Waals surface area contributed by atoms with Crippen LogP contribution in [0.2, 0.25) is 0 Å². The SMILES string of the molecule is CC(C)(C)OC(=O)CCC(=O)O[C@](C)(COCc1ccccc1)[C@@H](O)CO. The number of carbonyl (C=O) groups is 2. The number of hydrogen-bond acceptors (Lipinski definition) is 7. The lowest BCUT2D eigenvalue weighted by Gasteiger charge is -2.33. The molecule has 1 aromatic rings. The van der Waals surface area contributed by atoms with Crippen LogP contribution in [0.5, 0.6) is 0 Å². The molecule has 0 amide bonds. The zero-order valence-corrected chi connectivity index (χ0v) is 16.4. The van der Waals surface area contributed by atoms with Crippen LogP contribution in [0.3, 0.4) is 0 Å². The molecule has 0 fully saturated rings. The maximum Gasteiger partial charge on any atom is 0.307 e. The van der Waals surface area contributed by atoms with Crippen molar-refractivity contribution in [1.29, 1.82) is 0 Å². The van der Waals surface area contributed by atoms with Gasteiger partial charge in [-0.15, -0.1) is 0 Å². The molecule has 0 bridgehead atoms. The van der Waals surface area contributed by atoms with E-state index < -0.39 is 35.9 Å². The van der Waals surface area contributed by atoms with Crippen LogP contribution >= 0.6 is 0 Å². The first kappa shape index (κ1) is 23.1. The van der Waals surface area contributed by atoms with Crippen LogP contribution in [0.4, 0.5) is 0 Å². The third-order valence-electron chi connectivity index (χ3n) is 3.68. The number of carbonyl (C=O) groups excluding carboxylic acids is 2. The van der Waals surface area contributed by atoms with Crippen molar-refractivity contribution in [2.75, 3.05) is 13.2 Å². The summed E-state index contributed by atoms with van der Waals surface area (Å²) >= 11 is 0. The van der Waals surface area contributed by atoms with Gasteiger partial charge in [0.2, 0.25) is 0 Å². The molecule has 2 atom stereocenters. The van der Waals surface area contributed by atoms with Crippen molar-refractivity contribution in [2.45, 2.75) is 64.4 Å². The second-order valence-corrected chi connectivity index (χ2v) is 7.55. The zero-order valence-electron chi connectivity index (χ0n) is 16.4. The number of benzene rings is 1. The van der Waals surface area contributed by atoms with Crippen molar-refractivity contribution in [1.82, 2.24) is 0 Å². The second-order valence-electron chi connectivity index (χ2n) is 7.55. The average molecular weight is 382 g/mol. The number of aliphatic hydroxyl groups is 2. The predicted molar refractivity (Wildman–Crippen MR) is 98.8 cm³/mol. The van der Waals surface area contributed by atoms with E-state index >= 15 is 0 Å². The van der Waals surface area contributed by atoms with Crippen molar-refractivity contribution in [3.8, 4) is 0 Å². The minimum atomic E-state index is -1.44. The lowest BCUT2D eigenvalue weighted by atomic mass is 10.0. The molecule has 7 nitrogen and oxygen atoms in total. The first-order valence-corrected chi connectivity index (χ1v) is 8.90. The van der Waals surface area contributed by atoms with E-state index in [1.165, 1.54) is 6.92 Å². The van der Waals surface area contributed by atoms with E-state index in [2.05, 4.69) is 0 Å². The Bertz CT molecular complexity index is 594. The molecule has 0 aliphatic carbocycles. The molecule has 0 aliphatic heterocycles. The maximum atomic E-state index is 12.1. The highest BCUT2D eigenvalue weighted by atomic mass is 16.6. The Morgan fingerprint density at radius 3 is 2.07 bits per heavy atom. The molecule has 7 heteroatoms. The molecule has 0 heterocycles. The van der Waals surface area contributed by atoms with Crippen LogP contribution in [-0.4, -0.2) is 52.7 Å². The van der Waals surface area contributed by atoms with E-state index in [0.29, 0.717) is 0 Å². The lowest BCUT2D eigenvalue weighted by Crippen LogP contribution is -2.49. The van der Waals surface area contributed by atoms with Crippen LogP contribution < -0.4 is 0 Å². The second kappa shape index (κ2) is 10.4. The number of hydrogen-bond donors (Lipinski definition) is 2. The molecule has 0 saturated carbocycles. The standard InChI is InChI=1S/C20H30O7/c1-19(2,3)26-17(23)10-11-18(24)27-20(4,16(22)12-21)14-25-13-15-8-6-5-7-9-15/h5-9,16,21-22H,10-14H2,1-4H3/t16-,20+/m0/s1. The fraction of sp³-hybridized carbons (Fsp3) is 0.600. The Hall–Kier alpha value is -1.96. The topological polar surface area (TPSA) is 102 Å². The van der Waals surface area contributed by atoms with Gasteiger partial charge in [-0.1, -0.05) is 30.3 Å². The van der Waals surface area contributed by atoms with Gasteiger partial charge in [-0.3, -0.25) is 9.59 Å². The Labute approximate surface area is 160 Å².